The van der Waals surface area contributed by atoms with Gasteiger partial charge in [0.25, 0.3) is 0 Å². The van der Waals surface area contributed by atoms with Crippen LogP contribution in [0.4, 0.5) is 0 Å². The smallest absolute Gasteiger partial charge is 0.214 e. The first-order valence-electron chi connectivity index (χ1n) is 4.04. The van der Waals surface area contributed by atoms with E-state index in [4.69, 9.17) is 0 Å². The molecule has 4 nitrogen and oxygen atoms in total. The van der Waals surface area contributed by atoms with Gasteiger partial charge in [0.2, 0.25) is 10.0 Å². The zero-order chi connectivity index (χ0) is 9.78. The molecule has 1 unspecified atom stereocenters. The molecule has 0 rings (SSSR count). The molecular weight excluding hydrogens is 178 g/mol. The number of nitrogens with one attached hydrogen (secondary N) is 1. The van der Waals surface area contributed by atoms with Crippen LogP contribution in [0.25, 0.3) is 0 Å². The van der Waals surface area contributed by atoms with Gasteiger partial charge >= 0.3 is 0 Å². The summed E-state index contributed by atoms with van der Waals surface area (Å²) in [5.41, 5.74) is 0. The van der Waals surface area contributed by atoms with Crippen LogP contribution < -0.4 is 4.72 Å². The fourth-order valence-corrected chi connectivity index (χ4v) is 2.09. The van der Waals surface area contributed by atoms with Crippen molar-refractivity contribution in [3.05, 3.63) is 0 Å². The number of hydrogen-bond donors (Lipinski definition) is 2. The molecule has 0 aliphatic carbocycles. The lowest BCUT2D eigenvalue weighted by molar-refractivity contribution is 0.147. The van der Waals surface area contributed by atoms with Crippen LogP contribution in [-0.2, 0) is 10.0 Å². The molecule has 0 aromatic heterocycles. The van der Waals surface area contributed by atoms with Crippen LogP contribution in [-0.4, -0.2) is 31.9 Å². The normalized spacial score (nSPS) is 15.1. The van der Waals surface area contributed by atoms with Gasteiger partial charge in [0, 0.05) is 6.54 Å². The zero-order valence-electron chi connectivity index (χ0n) is 7.74. The van der Waals surface area contributed by atoms with Gasteiger partial charge in [-0.2, -0.15) is 0 Å². The van der Waals surface area contributed by atoms with Crippen molar-refractivity contribution < 1.29 is 13.5 Å². The maximum atomic E-state index is 11.1. The molecule has 0 saturated heterocycles. The maximum Gasteiger partial charge on any atom is 0.214 e. The van der Waals surface area contributed by atoms with E-state index < -0.39 is 16.1 Å². The lowest BCUT2D eigenvalue weighted by Gasteiger charge is -2.14. The Morgan fingerprint density at radius 1 is 1.42 bits per heavy atom. The van der Waals surface area contributed by atoms with Crippen molar-refractivity contribution >= 4 is 10.0 Å². The number of aliphatic hydroxyl groups is 1. The molecule has 0 aliphatic heterocycles. The second-order valence-corrected chi connectivity index (χ2v) is 4.94. The van der Waals surface area contributed by atoms with Gasteiger partial charge in [-0.15, -0.1) is 0 Å². The van der Waals surface area contributed by atoms with E-state index in [-0.39, 0.29) is 11.7 Å². The third-order valence-corrected chi connectivity index (χ3v) is 3.03. The topological polar surface area (TPSA) is 66.4 Å². The Balaban J connectivity index is 4.07. The summed E-state index contributed by atoms with van der Waals surface area (Å²) in [6, 6.07) is 0. The van der Waals surface area contributed by atoms with Crippen molar-refractivity contribution in [1.29, 1.82) is 0 Å². The summed E-state index contributed by atoms with van der Waals surface area (Å²) in [5, 5.41) is 9.27. The minimum atomic E-state index is -3.28. The number of aliphatic hydroxyl groups excluding tert-OH is 1. The molecule has 0 amide bonds. The van der Waals surface area contributed by atoms with Crippen molar-refractivity contribution in [2.45, 2.75) is 26.9 Å². The first-order chi connectivity index (χ1) is 5.39. The molecular formula is C7H17NO3S. The monoisotopic (exact) mass is 195 g/mol. The van der Waals surface area contributed by atoms with Crippen molar-refractivity contribution in [2.75, 3.05) is 12.3 Å². The molecule has 2 N–H and O–H groups in total. The summed E-state index contributed by atoms with van der Waals surface area (Å²) in [5.74, 6) is -0.239. The molecule has 0 spiro atoms. The van der Waals surface area contributed by atoms with Crippen LogP contribution in [0.3, 0.4) is 0 Å². The average molecular weight is 195 g/mol. The van der Waals surface area contributed by atoms with E-state index in [0.717, 1.165) is 0 Å². The van der Waals surface area contributed by atoms with E-state index in [1.54, 1.807) is 20.8 Å². The summed E-state index contributed by atoms with van der Waals surface area (Å²) in [6.07, 6.45) is -0.783. The highest BCUT2D eigenvalue weighted by molar-refractivity contribution is 7.89. The highest BCUT2D eigenvalue weighted by atomic mass is 32.2. The molecule has 12 heavy (non-hydrogen) atoms. The summed E-state index contributed by atoms with van der Waals surface area (Å²) >= 11 is 0. The summed E-state index contributed by atoms with van der Waals surface area (Å²) in [7, 11) is -3.28. The van der Waals surface area contributed by atoms with Crippen molar-refractivity contribution in [3.63, 3.8) is 0 Å². The maximum absolute atomic E-state index is 11.1. The molecule has 0 bridgehead atoms. The summed E-state index contributed by atoms with van der Waals surface area (Å²) in [4.78, 5) is 0. The van der Waals surface area contributed by atoms with Crippen LogP contribution in [0.1, 0.15) is 20.8 Å². The molecule has 1 atom stereocenters. The Morgan fingerprint density at radius 2 is 1.92 bits per heavy atom. The SMILES string of the molecule is CCNS(=O)(=O)CC(O)C(C)C. The molecule has 0 aliphatic rings. The third-order valence-electron chi connectivity index (χ3n) is 1.52. The van der Waals surface area contributed by atoms with Gasteiger partial charge < -0.3 is 5.11 Å². The highest BCUT2D eigenvalue weighted by Crippen LogP contribution is 2.03. The predicted octanol–water partition coefficient (Wildman–Crippen LogP) is -0.0574. The molecule has 0 radical (unpaired) electrons. The van der Waals surface area contributed by atoms with E-state index in [1.807, 2.05) is 0 Å². The van der Waals surface area contributed by atoms with Gasteiger partial charge in [-0.1, -0.05) is 20.8 Å². The Bertz CT molecular complexity index is 211. The van der Waals surface area contributed by atoms with Gasteiger partial charge in [0.05, 0.1) is 11.9 Å². The summed E-state index contributed by atoms with van der Waals surface area (Å²) < 4.78 is 24.5. The molecule has 0 heterocycles. The Morgan fingerprint density at radius 3 is 2.25 bits per heavy atom. The van der Waals surface area contributed by atoms with Gasteiger partial charge in [-0.3, -0.25) is 0 Å². The molecule has 74 valence electrons. The molecule has 0 fully saturated rings. The van der Waals surface area contributed by atoms with Gasteiger partial charge in [0.1, 0.15) is 0 Å². The molecule has 5 heteroatoms. The van der Waals surface area contributed by atoms with E-state index in [2.05, 4.69) is 4.72 Å². The second-order valence-electron chi connectivity index (χ2n) is 3.09. The predicted molar refractivity (Wildman–Crippen MR) is 48.3 cm³/mol. The molecule has 0 aromatic carbocycles. The van der Waals surface area contributed by atoms with Crippen LogP contribution in [0.15, 0.2) is 0 Å². The van der Waals surface area contributed by atoms with E-state index >= 15 is 0 Å². The average Bonchev–Trinajstić information content (AvgIpc) is 1.85. The van der Waals surface area contributed by atoms with Crippen LogP contribution in [0, 0.1) is 5.92 Å². The number of sulfonamides is 1. The van der Waals surface area contributed by atoms with Gasteiger partial charge in [-0.05, 0) is 5.92 Å². The first-order valence-corrected chi connectivity index (χ1v) is 5.69. The van der Waals surface area contributed by atoms with E-state index in [0.29, 0.717) is 6.54 Å². The minimum Gasteiger partial charge on any atom is -0.392 e. The summed E-state index contributed by atoms with van der Waals surface area (Å²) in [6.45, 7) is 5.64. The van der Waals surface area contributed by atoms with Crippen LogP contribution in [0.2, 0.25) is 0 Å². The lowest BCUT2D eigenvalue weighted by Crippen LogP contribution is -2.34. The fraction of sp³-hybridized carbons (Fsp3) is 1.00. The minimum absolute atomic E-state index is 0.0292. The van der Waals surface area contributed by atoms with Crippen LogP contribution >= 0.6 is 0 Å². The first kappa shape index (κ1) is 11.9. The quantitative estimate of drug-likeness (QED) is 0.646. The largest absolute Gasteiger partial charge is 0.392 e. The number of rotatable bonds is 5. The number of hydrogen-bond acceptors (Lipinski definition) is 3. The van der Waals surface area contributed by atoms with Crippen molar-refractivity contribution in [2.24, 2.45) is 5.92 Å². The molecule has 0 saturated carbocycles. The second kappa shape index (κ2) is 4.79. The fourth-order valence-electron chi connectivity index (χ4n) is 0.696. The zero-order valence-corrected chi connectivity index (χ0v) is 8.56. The highest BCUT2D eigenvalue weighted by Gasteiger charge is 2.18. The lowest BCUT2D eigenvalue weighted by atomic mass is 10.1. The third kappa shape index (κ3) is 4.69. The Kier molecular flexibility index (Phi) is 4.74. The van der Waals surface area contributed by atoms with E-state index in [1.165, 1.54) is 0 Å². The van der Waals surface area contributed by atoms with Crippen LogP contribution in [0.5, 0.6) is 0 Å². The van der Waals surface area contributed by atoms with Gasteiger partial charge in [-0.25, -0.2) is 13.1 Å². The van der Waals surface area contributed by atoms with E-state index in [9.17, 15) is 13.5 Å². The molecule has 0 aromatic rings. The van der Waals surface area contributed by atoms with Gasteiger partial charge in [0.15, 0.2) is 0 Å². The van der Waals surface area contributed by atoms with Crippen molar-refractivity contribution in [1.82, 2.24) is 4.72 Å². The Labute approximate surface area is 74.0 Å². The van der Waals surface area contributed by atoms with Crippen molar-refractivity contribution in [3.8, 4) is 0 Å². The standard InChI is InChI=1S/C7H17NO3S/c1-4-8-12(10,11)5-7(9)6(2)3/h6-9H,4-5H2,1-3H3. The Hall–Kier alpha value is -0.130.